The molecule has 8 aromatic carbocycles. The van der Waals surface area contributed by atoms with Gasteiger partial charge in [0.15, 0.2) is 0 Å². The second-order valence-electron chi connectivity index (χ2n) is 13.5. The summed E-state index contributed by atoms with van der Waals surface area (Å²) in [7, 11) is 0. The van der Waals surface area contributed by atoms with Crippen LogP contribution >= 0.6 is 11.3 Å². The van der Waals surface area contributed by atoms with Crippen LogP contribution in [0.25, 0.3) is 103 Å². The Bertz CT molecular complexity index is 3110. The minimum absolute atomic E-state index is 0.953. The van der Waals surface area contributed by atoms with Gasteiger partial charge in [0.05, 0.1) is 28.1 Å². The average Bonchev–Trinajstić information content (AvgIpc) is 3.77. The predicted octanol–water partition coefficient (Wildman–Crippen LogP) is 13.9. The van der Waals surface area contributed by atoms with E-state index in [4.69, 9.17) is 4.98 Å². The number of fused-ring (bicyclic) bond motifs is 10. The maximum atomic E-state index is 5.22. The first kappa shape index (κ1) is 29.2. The summed E-state index contributed by atoms with van der Waals surface area (Å²) < 4.78 is 5.09. The van der Waals surface area contributed by atoms with Gasteiger partial charge in [0.1, 0.15) is 0 Å². The van der Waals surface area contributed by atoms with Gasteiger partial charge in [-0.05, 0) is 57.4 Å². The van der Waals surface area contributed by atoms with Crippen molar-refractivity contribution in [3.8, 4) is 39.3 Å². The van der Waals surface area contributed by atoms with E-state index in [1.165, 1.54) is 74.6 Å². The molecule has 3 heterocycles. The molecule has 0 amide bonds. The van der Waals surface area contributed by atoms with Crippen LogP contribution < -0.4 is 0 Å². The molecule has 0 bridgehead atoms. The zero-order valence-electron chi connectivity index (χ0n) is 28.1. The number of aromatic nitrogens is 2. The van der Waals surface area contributed by atoms with E-state index in [2.05, 4.69) is 187 Å². The van der Waals surface area contributed by atoms with Gasteiger partial charge in [-0.3, -0.25) is 0 Å². The van der Waals surface area contributed by atoms with Gasteiger partial charge in [-0.25, -0.2) is 4.98 Å². The molecule has 0 aliphatic rings. The quantitative estimate of drug-likeness (QED) is 0.181. The standard InChI is InChI=1S/C49H30N2S/c1-3-15-33(16-4-1)41-29-35(30-42(50-41)34-17-5-2-6-18-34)51-43-26-25-32-14-8-10-21-37(32)46(43)48-44(51)27-28-45-47(48)40-24-12-23-39(49(40)52-45)38-22-11-19-31-13-7-9-20-36(31)38/h1-30H. The third-order valence-electron chi connectivity index (χ3n) is 10.6. The topological polar surface area (TPSA) is 17.8 Å². The SMILES string of the molecule is c1ccc(-c2cc(-n3c4ccc5ccccc5c4c4c5c(ccc43)sc3c(-c4cccc6ccccc46)cccc35)cc(-c3ccccc3)n2)cc1. The number of nitrogens with zero attached hydrogens (tertiary/aromatic N) is 2. The van der Waals surface area contributed by atoms with Gasteiger partial charge in [0.2, 0.25) is 0 Å². The molecule has 0 atom stereocenters. The van der Waals surface area contributed by atoms with E-state index in [0.717, 1.165) is 28.2 Å². The van der Waals surface area contributed by atoms with Crippen LogP contribution in [0.1, 0.15) is 0 Å². The molecule has 2 nitrogen and oxygen atoms in total. The van der Waals surface area contributed by atoms with Gasteiger partial charge in [-0.15, -0.1) is 11.3 Å². The summed E-state index contributed by atoms with van der Waals surface area (Å²) in [4.78, 5) is 5.22. The fraction of sp³-hybridized carbons (Fsp3) is 0. The number of rotatable bonds is 4. The van der Waals surface area contributed by atoms with Crippen molar-refractivity contribution in [1.29, 1.82) is 0 Å². The van der Waals surface area contributed by atoms with Crippen LogP contribution in [0.15, 0.2) is 182 Å². The molecule has 0 aliphatic carbocycles. The lowest BCUT2D eigenvalue weighted by atomic mass is 9.96. The second-order valence-corrected chi connectivity index (χ2v) is 14.5. The van der Waals surface area contributed by atoms with E-state index in [-0.39, 0.29) is 0 Å². The highest BCUT2D eigenvalue weighted by atomic mass is 32.1. The van der Waals surface area contributed by atoms with Crippen molar-refractivity contribution in [3.05, 3.63) is 182 Å². The van der Waals surface area contributed by atoms with Crippen molar-refractivity contribution in [2.45, 2.75) is 0 Å². The molecule has 0 spiro atoms. The van der Waals surface area contributed by atoms with Gasteiger partial charge in [-0.2, -0.15) is 0 Å². The first-order valence-electron chi connectivity index (χ1n) is 17.7. The third-order valence-corrected chi connectivity index (χ3v) is 11.8. The van der Waals surface area contributed by atoms with Gasteiger partial charge < -0.3 is 4.57 Å². The van der Waals surface area contributed by atoms with Crippen LogP contribution in [-0.2, 0) is 0 Å². The summed E-state index contributed by atoms with van der Waals surface area (Å²) >= 11 is 1.91. The Balaban J connectivity index is 1.27. The van der Waals surface area contributed by atoms with Gasteiger partial charge in [0, 0.05) is 47.6 Å². The first-order valence-corrected chi connectivity index (χ1v) is 18.5. The molecule has 0 radical (unpaired) electrons. The highest BCUT2D eigenvalue weighted by Crippen LogP contribution is 2.48. The molecule has 0 saturated heterocycles. The highest BCUT2D eigenvalue weighted by molar-refractivity contribution is 7.26. The van der Waals surface area contributed by atoms with E-state index in [0.29, 0.717) is 0 Å². The molecule has 0 fully saturated rings. The van der Waals surface area contributed by atoms with Crippen LogP contribution in [0.3, 0.4) is 0 Å². The number of hydrogen-bond donors (Lipinski definition) is 0. The fourth-order valence-corrected chi connectivity index (χ4v) is 9.50. The molecule has 0 aliphatic heterocycles. The monoisotopic (exact) mass is 678 g/mol. The zero-order chi connectivity index (χ0) is 34.2. The van der Waals surface area contributed by atoms with E-state index >= 15 is 0 Å². The molecular formula is C49H30N2S. The molecule has 3 aromatic heterocycles. The van der Waals surface area contributed by atoms with Crippen LogP contribution in [-0.4, -0.2) is 9.55 Å². The molecule has 0 N–H and O–H groups in total. The zero-order valence-corrected chi connectivity index (χ0v) is 28.9. The van der Waals surface area contributed by atoms with E-state index in [1.807, 2.05) is 11.3 Å². The molecule has 52 heavy (non-hydrogen) atoms. The Labute approximate surface area is 304 Å². The first-order chi connectivity index (χ1) is 25.8. The smallest absolute Gasteiger partial charge is 0.0730 e. The van der Waals surface area contributed by atoms with Crippen LogP contribution in [0.4, 0.5) is 0 Å². The number of benzene rings is 8. The van der Waals surface area contributed by atoms with Crippen LogP contribution in [0, 0.1) is 0 Å². The molecule has 11 rings (SSSR count). The van der Waals surface area contributed by atoms with Crippen LogP contribution in [0.2, 0.25) is 0 Å². The Morgan fingerprint density at radius 2 is 0.962 bits per heavy atom. The largest absolute Gasteiger partial charge is 0.309 e. The lowest BCUT2D eigenvalue weighted by Gasteiger charge is -2.13. The van der Waals surface area contributed by atoms with Crippen molar-refractivity contribution in [1.82, 2.24) is 9.55 Å². The lowest BCUT2D eigenvalue weighted by Crippen LogP contribution is -1.98. The van der Waals surface area contributed by atoms with Crippen molar-refractivity contribution in [3.63, 3.8) is 0 Å². The van der Waals surface area contributed by atoms with Crippen molar-refractivity contribution in [2.75, 3.05) is 0 Å². The van der Waals surface area contributed by atoms with E-state index in [9.17, 15) is 0 Å². The minimum atomic E-state index is 0.953. The predicted molar refractivity (Wildman–Crippen MR) is 223 cm³/mol. The van der Waals surface area contributed by atoms with Gasteiger partial charge in [0.25, 0.3) is 0 Å². The van der Waals surface area contributed by atoms with E-state index in [1.54, 1.807) is 0 Å². The molecule has 11 aromatic rings. The van der Waals surface area contributed by atoms with E-state index < -0.39 is 0 Å². The average molecular weight is 679 g/mol. The van der Waals surface area contributed by atoms with Crippen molar-refractivity contribution < 1.29 is 0 Å². The second kappa shape index (κ2) is 11.5. The van der Waals surface area contributed by atoms with Gasteiger partial charge in [-0.1, -0.05) is 152 Å². The van der Waals surface area contributed by atoms with Gasteiger partial charge >= 0.3 is 0 Å². The summed E-state index contributed by atoms with van der Waals surface area (Å²) in [5.74, 6) is 0. The summed E-state index contributed by atoms with van der Waals surface area (Å²) in [5, 5.41) is 10.3. The fourth-order valence-electron chi connectivity index (χ4n) is 8.27. The Hall–Kier alpha value is -6.55. The maximum Gasteiger partial charge on any atom is 0.0730 e. The molecule has 3 heteroatoms. The van der Waals surface area contributed by atoms with Crippen molar-refractivity contribution >= 4 is 74.9 Å². The van der Waals surface area contributed by atoms with Crippen LogP contribution in [0.5, 0.6) is 0 Å². The Kier molecular flexibility index (Phi) is 6.46. The summed E-state index contributed by atoms with van der Waals surface area (Å²) in [6, 6.07) is 65.9. The molecule has 0 saturated carbocycles. The highest BCUT2D eigenvalue weighted by Gasteiger charge is 2.22. The summed E-state index contributed by atoms with van der Waals surface area (Å²) in [5.41, 5.74) is 10.1. The Morgan fingerprint density at radius 3 is 1.71 bits per heavy atom. The molecule has 0 unspecified atom stereocenters. The lowest BCUT2D eigenvalue weighted by molar-refractivity contribution is 1.16. The third kappa shape index (κ3) is 4.40. The normalized spacial score (nSPS) is 11.8. The summed E-state index contributed by atoms with van der Waals surface area (Å²) in [6.45, 7) is 0. The minimum Gasteiger partial charge on any atom is -0.309 e. The maximum absolute atomic E-state index is 5.22. The Morgan fingerprint density at radius 1 is 0.404 bits per heavy atom. The molecular weight excluding hydrogens is 649 g/mol. The van der Waals surface area contributed by atoms with Crippen molar-refractivity contribution in [2.24, 2.45) is 0 Å². The molecule has 242 valence electrons. The number of hydrogen-bond acceptors (Lipinski definition) is 2. The number of thiophene rings is 1. The summed E-state index contributed by atoms with van der Waals surface area (Å²) in [6.07, 6.45) is 0. The number of pyridine rings is 1.